The quantitative estimate of drug-likeness (QED) is 0.483. The van der Waals surface area contributed by atoms with Crippen molar-refractivity contribution in [3.05, 3.63) is 28.5 Å². The predicted molar refractivity (Wildman–Crippen MR) is 85.6 cm³/mol. The van der Waals surface area contributed by atoms with Gasteiger partial charge in [0, 0.05) is 11.6 Å². The first-order valence-corrected chi connectivity index (χ1v) is 10.5. The van der Waals surface area contributed by atoms with Crippen LogP contribution in [0.15, 0.2) is 22.9 Å². The van der Waals surface area contributed by atoms with Crippen LogP contribution in [-0.2, 0) is 4.74 Å². The van der Waals surface area contributed by atoms with Crippen LogP contribution >= 0.6 is 15.9 Å². The molecule has 2 heterocycles. The predicted octanol–water partition coefficient (Wildman–Crippen LogP) is 3.31. The standard InChI is InChI=1S/C14H17BrN2O2Si/c1-18-10-19-12-7-13(15)14-11(5-6-20(2,3)4)8-16-17(14)9-12/h7-9H,10H2,1-4H3. The van der Waals surface area contributed by atoms with E-state index in [1.54, 1.807) is 17.8 Å². The Morgan fingerprint density at radius 1 is 1.40 bits per heavy atom. The van der Waals surface area contributed by atoms with Crippen LogP contribution in [0.4, 0.5) is 0 Å². The number of fused-ring (bicyclic) bond motifs is 1. The Morgan fingerprint density at radius 2 is 2.15 bits per heavy atom. The first-order valence-electron chi connectivity index (χ1n) is 6.22. The van der Waals surface area contributed by atoms with Gasteiger partial charge in [0.1, 0.15) is 13.8 Å². The van der Waals surface area contributed by atoms with E-state index in [1.165, 1.54) is 0 Å². The van der Waals surface area contributed by atoms with Crippen LogP contribution in [0.1, 0.15) is 5.56 Å². The highest BCUT2D eigenvalue weighted by molar-refractivity contribution is 9.10. The molecule has 0 aliphatic heterocycles. The van der Waals surface area contributed by atoms with Gasteiger partial charge < -0.3 is 9.47 Å². The second kappa shape index (κ2) is 6.00. The Balaban J connectivity index is 2.43. The minimum absolute atomic E-state index is 0.210. The van der Waals surface area contributed by atoms with Crippen molar-refractivity contribution in [1.82, 2.24) is 9.61 Å². The Bertz CT molecular complexity index is 680. The second-order valence-electron chi connectivity index (χ2n) is 5.43. The summed E-state index contributed by atoms with van der Waals surface area (Å²) in [4.78, 5) is 0. The van der Waals surface area contributed by atoms with Crippen molar-refractivity contribution < 1.29 is 9.47 Å². The van der Waals surface area contributed by atoms with Crippen molar-refractivity contribution >= 4 is 29.5 Å². The lowest BCUT2D eigenvalue weighted by molar-refractivity contribution is 0.0507. The van der Waals surface area contributed by atoms with E-state index in [4.69, 9.17) is 9.47 Å². The Kier molecular flexibility index (Phi) is 4.53. The zero-order valence-electron chi connectivity index (χ0n) is 12.0. The number of hydrogen-bond donors (Lipinski definition) is 0. The second-order valence-corrected chi connectivity index (χ2v) is 11.0. The zero-order chi connectivity index (χ0) is 14.8. The Hall–Kier alpha value is -1.29. The summed E-state index contributed by atoms with van der Waals surface area (Å²) in [5, 5.41) is 4.33. The van der Waals surface area contributed by atoms with Crippen molar-refractivity contribution in [2.24, 2.45) is 0 Å². The third kappa shape index (κ3) is 3.63. The lowest BCUT2D eigenvalue weighted by atomic mass is 10.3. The number of rotatable bonds is 3. The molecule has 0 N–H and O–H groups in total. The molecule has 0 aliphatic rings. The average molecular weight is 353 g/mol. The first kappa shape index (κ1) is 15.1. The maximum atomic E-state index is 5.43. The topological polar surface area (TPSA) is 35.8 Å². The van der Waals surface area contributed by atoms with Gasteiger partial charge in [0.05, 0.1) is 23.5 Å². The van der Waals surface area contributed by atoms with Crippen LogP contribution in [0.25, 0.3) is 5.52 Å². The molecule has 0 radical (unpaired) electrons. The molecular formula is C14H17BrN2O2Si. The van der Waals surface area contributed by atoms with Crippen LogP contribution in [-0.4, -0.2) is 31.6 Å². The third-order valence-electron chi connectivity index (χ3n) is 2.46. The minimum atomic E-state index is -1.40. The van der Waals surface area contributed by atoms with Gasteiger partial charge in [-0.2, -0.15) is 5.10 Å². The van der Waals surface area contributed by atoms with Crippen molar-refractivity contribution in [3.8, 4) is 17.2 Å². The molecule has 20 heavy (non-hydrogen) atoms. The highest BCUT2D eigenvalue weighted by Gasteiger charge is 2.11. The largest absolute Gasteiger partial charge is 0.466 e. The number of nitrogens with zero attached hydrogens (tertiary/aromatic N) is 2. The smallest absolute Gasteiger partial charge is 0.188 e. The Labute approximate surface area is 128 Å². The number of methoxy groups -OCH3 is 1. The monoisotopic (exact) mass is 352 g/mol. The average Bonchev–Trinajstić information content (AvgIpc) is 2.76. The number of pyridine rings is 1. The van der Waals surface area contributed by atoms with Crippen molar-refractivity contribution in [2.75, 3.05) is 13.9 Å². The fourth-order valence-electron chi connectivity index (χ4n) is 1.60. The summed E-state index contributed by atoms with van der Waals surface area (Å²) in [6.45, 7) is 6.87. The van der Waals surface area contributed by atoms with Crippen molar-refractivity contribution in [3.63, 3.8) is 0 Å². The summed E-state index contributed by atoms with van der Waals surface area (Å²) in [7, 11) is 0.188. The molecule has 0 saturated carbocycles. The van der Waals surface area contributed by atoms with Crippen LogP contribution < -0.4 is 4.74 Å². The van der Waals surface area contributed by atoms with Gasteiger partial charge in [-0.25, -0.2) is 4.52 Å². The number of ether oxygens (including phenoxy) is 2. The molecule has 0 unspecified atom stereocenters. The lowest BCUT2D eigenvalue weighted by Gasteiger charge is -2.06. The summed E-state index contributed by atoms with van der Waals surface area (Å²) >= 11 is 3.55. The fraction of sp³-hybridized carbons (Fsp3) is 0.357. The summed E-state index contributed by atoms with van der Waals surface area (Å²) in [5.74, 6) is 3.94. The molecule has 0 aliphatic carbocycles. The van der Waals surface area contributed by atoms with Gasteiger partial charge in [-0.15, -0.1) is 5.54 Å². The molecule has 0 spiro atoms. The van der Waals surface area contributed by atoms with E-state index >= 15 is 0 Å². The van der Waals surface area contributed by atoms with E-state index in [0.29, 0.717) is 5.75 Å². The summed E-state index contributed by atoms with van der Waals surface area (Å²) < 4.78 is 13.0. The molecule has 2 aromatic heterocycles. The van der Waals surface area contributed by atoms with Gasteiger partial charge in [-0.3, -0.25) is 0 Å². The van der Waals surface area contributed by atoms with Crippen LogP contribution in [0.2, 0.25) is 19.6 Å². The summed E-state index contributed by atoms with van der Waals surface area (Å²) in [5.41, 5.74) is 5.24. The molecule has 0 fully saturated rings. The number of hydrogen-bond acceptors (Lipinski definition) is 3. The normalized spacial score (nSPS) is 11.2. The maximum absolute atomic E-state index is 5.43. The van der Waals surface area contributed by atoms with E-state index in [9.17, 15) is 0 Å². The van der Waals surface area contributed by atoms with Crippen molar-refractivity contribution in [1.29, 1.82) is 0 Å². The van der Waals surface area contributed by atoms with Crippen LogP contribution in [0.3, 0.4) is 0 Å². The van der Waals surface area contributed by atoms with E-state index in [2.05, 4.69) is 52.1 Å². The highest BCUT2D eigenvalue weighted by atomic mass is 79.9. The van der Waals surface area contributed by atoms with E-state index < -0.39 is 8.07 Å². The minimum Gasteiger partial charge on any atom is -0.466 e. The molecule has 0 amide bonds. The van der Waals surface area contributed by atoms with Gasteiger partial charge >= 0.3 is 0 Å². The Morgan fingerprint density at radius 3 is 2.80 bits per heavy atom. The van der Waals surface area contributed by atoms with Gasteiger partial charge in [-0.1, -0.05) is 25.6 Å². The molecule has 6 heteroatoms. The summed E-state index contributed by atoms with van der Waals surface area (Å²) in [6, 6.07) is 1.90. The highest BCUT2D eigenvalue weighted by Crippen LogP contribution is 2.26. The van der Waals surface area contributed by atoms with Gasteiger partial charge in [0.15, 0.2) is 6.79 Å². The van der Waals surface area contributed by atoms with Crippen LogP contribution in [0, 0.1) is 11.5 Å². The van der Waals surface area contributed by atoms with E-state index in [1.807, 2.05) is 12.3 Å². The van der Waals surface area contributed by atoms with E-state index in [0.717, 1.165) is 15.6 Å². The molecular weight excluding hydrogens is 336 g/mol. The number of aromatic nitrogens is 2. The number of halogens is 1. The van der Waals surface area contributed by atoms with Gasteiger partial charge in [0.25, 0.3) is 0 Å². The first-order chi connectivity index (χ1) is 9.40. The van der Waals surface area contributed by atoms with Gasteiger partial charge in [-0.05, 0) is 22.0 Å². The molecule has 2 aromatic rings. The molecule has 106 valence electrons. The molecule has 2 rings (SSSR count). The summed E-state index contributed by atoms with van der Waals surface area (Å²) in [6.07, 6.45) is 3.60. The zero-order valence-corrected chi connectivity index (χ0v) is 14.6. The molecule has 4 nitrogen and oxygen atoms in total. The van der Waals surface area contributed by atoms with E-state index in [-0.39, 0.29) is 6.79 Å². The van der Waals surface area contributed by atoms with Crippen molar-refractivity contribution in [2.45, 2.75) is 19.6 Å². The van der Waals surface area contributed by atoms with Gasteiger partial charge in [0.2, 0.25) is 0 Å². The SMILES string of the molecule is COCOc1cc(Br)c2c(C#C[Si](C)(C)C)cnn2c1. The lowest BCUT2D eigenvalue weighted by Crippen LogP contribution is -2.16. The molecule has 0 aromatic carbocycles. The molecule has 0 bridgehead atoms. The third-order valence-corrected chi connectivity index (χ3v) is 3.94. The fourth-order valence-corrected chi connectivity index (χ4v) is 2.73. The maximum Gasteiger partial charge on any atom is 0.188 e. The van der Waals surface area contributed by atoms with Crippen LogP contribution in [0.5, 0.6) is 5.75 Å². The molecule has 0 saturated heterocycles. The molecule has 0 atom stereocenters.